The minimum absolute atomic E-state index is 0.00151. The van der Waals surface area contributed by atoms with Crippen molar-refractivity contribution in [3.63, 3.8) is 0 Å². The maximum Gasteiger partial charge on any atom is 0.338 e. The summed E-state index contributed by atoms with van der Waals surface area (Å²) in [7, 11) is 2.62. The van der Waals surface area contributed by atoms with Crippen LogP contribution in [0, 0.1) is 13.8 Å². The number of halogens is 1. The van der Waals surface area contributed by atoms with Gasteiger partial charge in [0, 0.05) is 123 Å². The van der Waals surface area contributed by atoms with Crippen molar-refractivity contribution in [2.45, 2.75) is 20.8 Å². The molecule has 0 saturated carbocycles. The Bertz CT molecular complexity index is 3870. The molecule has 2 aliphatic heterocycles. The maximum atomic E-state index is 12.8. The second-order valence-corrected chi connectivity index (χ2v) is 22.7. The normalized spacial score (nSPS) is 14.1. The van der Waals surface area contributed by atoms with Gasteiger partial charge in [-0.2, -0.15) is 0 Å². The molecule has 0 radical (unpaired) electrons. The summed E-state index contributed by atoms with van der Waals surface area (Å²) in [6, 6.07) is 39.4. The number of aromatic hydroxyl groups is 2. The average molecular weight is 1320 g/mol. The van der Waals surface area contributed by atoms with Gasteiger partial charge in [0.2, 0.25) is 11.8 Å². The number of aliphatic hydroxyl groups excluding tert-OH is 2. The van der Waals surface area contributed by atoms with Crippen molar-refractivity contribution < 1.29 is 63.3 Å². The summed E-state index contributed by atoms with van der Waals surface area (Å²) in [6.45, 7) is 16.6. The number of nitrogens with zero attached hydrogens (tertiary/aromatic N) is 6. The fraction of sp³-hybridized carbons (Fsp3) is 0.329. The van der Waals surface area contributed by atoms with Gasteiger partial charge in [-0.15, -0.1) is 0 Å². The summed E-state index contributed by atoms with van der Waals surface area (Å²) in [5, 5.41) is 45.2. The SMILES string of the molecule is COC(=O)c1cc2[nH]c(O)c(C(=Nc3ccc(C(=O)COCCN4CCN(CCO)CC4)cc3)c3ccccc3)c2cc1C.COC(=O)c1cc2c(cc1C)c(C(=Nc1ccc(C(=O)COCCBr)cc1)c1ccccc1)c(O)n2C(C)=O.OCCN1CCNCC1. The van der Waals surface area contributed by atoms with Crippen molar-refractivity contribution >= 4 is 89.9 Å². The highest BCUT2D eigenvalue weighted by Crippen LogP contribution is 2.37. The van der Waals surface area contributed by atoms with Gasteiger partial charge in [-0.1, -0.05) is 76.6 Å². The number of aryl methyl sites for hydroxylation is 2. The number of alkyl halides is 1. The number of aromatic amines is 1. The van der Waals surface area contributed by atoms with Crippen LogP contribution < -0.4 is 5.32 Å². The fourth-order valence-corrected chi connectivity index (χ4v) is 11.1. The van der Waals surface area contributed by atoms with Gasteiger partial charge in [0.1, 0.15) is 13.2 Å². The van der Waals surface area contributed by atoms with Crippen LogP contribution in [0.3, 0.4) is 0 Å². The van der Waals surface area contributed by atoms with Gasteiger partial charge in [-0.25, -0.2) is 19.6 Å². The number of ketones is 2. The van der Waals surface area contributed by atoms with Gasteiger partial charge in [0.05, 0.1) is 91.2 Å². The third kappa shape index (κ3) is 17.9. The number of methoxy groups -OCH3 is 2. The number of nitrogens with one attached hydrogen (secondary N) is 2. The lowest BCUT2D eigenvalue weighted by atomic mass is 9.98. The van der Waals surface area contributed by atoms with Crippen LogP contribution in [0.15, 0.2) is 143 Å². The highest BCUT2D eigenvalue weighted by atomic mass is 79.9. The molecule has 0 unspecified atom stereocenters. The molecule has 22 heteroatoms. The summed E-state index contributed by atoms with van der Waals surface area (Å²) in [5.74, 6) is -2.05. The number of piperazine rings is 2. The fourth-order valence-electron chi connectivity index (χ4n) is 10.8. The van der Waals surface area contributed by atoms with Crippen molar-refractivity contribution in [1.29, 1.82) is 0 Å². The molecule has 0 aliphatic carbocycles. The number of carbonyl (C=O) groups is 5. The lowest BCUT2D eigenvalue weighted by Crippen LogP contribution is -2.48. The molecule has 92 heavy (non-hydrogen) atoms. The first kappa shape index (κ1) is 69.3. The Balaban J connectivity index is 0.000000209. The number of hydrogen-bond donors (Lipinski definition) is 6. The van der Waals surface area contributed by atoms with E-state index in [1.54, 1.807) is 73.7 Å². The van der Waals surface area contributed by atoms with E-state index in [0.717, 1.165) is 75.6 Å². The molecule has 0 bridgehead atoms. The quantitative estimate of drug-likeness (QED) is 0.0115. The molecule has 2 saturated heterocycles. The van der Waals surface area contributed by atoms with E-state index >= 15 is 0 Å². The zero-order chi connectivity index (χ0) is 65.7. The van der Waals surface area contributed by atoms with Crippen LogP contribution in [0.4, 0.5) is 11.4 Å². The number of Topliss-reactive ketones (excluding diaryl/α,β-unsaturated/α-hetero) is 2. The first-order valence-corrected chi connectivity index (χ1v) is 31.5. The zero-order valence-corrected chi connectivity index (χ0v) is 54.0. The summed E-state index contributed by atoms with van der Waals surface area (Å²) in [5.41, 5.74) is 8.44. The van der Waals surface area contributed by atoms with Crippen molar-refractivity contribution in [2.75, 3.05) is 131 Å². The average Bonchev–Trinajstić information content (AvgIpc) is 1.60. The Morgan fingerprint density at radius 3 is 1.49 bits per heavy atom. The minimum Gasteiger partial charge on any atom is -0.494 e. The molecule has 2 aliphatic rings. The van der Waals surface area contributed by atoms with Crippen LogP contribution >= 0.6 is 15.9 Å². The summed E-state index contributed by atoms with van der Waals surface area (Å²) in [6.07, 6.45) is 0. The molecule has 484 valence electrons. The largest absolute Gasteiger partial charge is 0.494 e. The molecule has 0 amide bonds. The minimum atomic E-state index is -0.545. The number of β-amino-alcohol motifs (C(OH)–C–C–N with tert-alkyl or cyclic N) is 2. The lowest BCUT2D eigenvalue weighted by molar-refractivity contribution is 0.0591. The highest BCUT2D eigenvalue weighted by Gasteiger charge is 2.27. The Morgan fingerprint density at radius 1 is 0.554 bits per heavy atom. The second-order valence-electron chi connectivity index (χ2n) is 21.9. The van der Waals surface area contributed by atoms with E-state index in [-0.39, 0.29) is 48.7 Å². The van der Waals surface area contributed by atoms with Crippen LogP contribution in [0.25, 0.3) is 21.8 Å². The first-order valence-electron chi connectivity index (χ1n) is 30.3. The van der Waals surface area contributed by atoms with E-state index in [0.29, 0.717) is 121 Å². The van der Waals surface area contributed by atoms with Crippen LogP contribution in [0.2, 0.25) is 0 Å². The first-order chi connectivity index (χ1) is 44.6. The Labute approximate surface area is 543 Å². The number of benzene rings is 6. The van der Waals surface area contributed by atoms with Crippen LogP contribution in [-0.4, -0.2) is 217 Å². The predicted molar refractivity (Wildman–Crippen MR) is 359 cm³/mol. The molecule has 2 fully saturated rings. The van der Waals surface area contributed by atoms with Gasteiger partial charge >= 0.3 is 11.9 Å². The number of aliphatic hydroxyl groups is 2. The Hall–Kier alpha value is -8.55. The summed E-state index contributed by atoms with van der Waals surface area (Å²) >= 11 is 3.26. The number of rotatable bonds is 23. The maximum absolute atomic E-state index is 12.8. The Morgan fingerprint density at radius 2 is 1.01 bits per heavy atom. The van der Waals surface area contributed by atoms with Crippen LogP contribution in [0.1, 0.15) is 86.5 Å². The van der Waals surface area contributed by atoms with E-state index < -0.39 is 17.8 Å². The third-order valence-corrected chi connectivity index (χ3v) is 16.0. The van der Waals surface area contributed by atoms with Gasteiger partial charge in [0.15, 0.2) is 17.4 Å². The third-order valence-electron chi connectivity index (χ3n) is 15.7. The number of esters is 2. The van der Waals surface area contributed by atoms with E-state index in [1.807, 2.05) is 73.7 Å². The lowest BCUT2D eigenvalue weighted by Gasteiger charge is -2.34. The zero-order valence-electron chi connectivity index (χ0n) is 52.5. The molecule has 21 nitrogen and oxygen atoms in total. The van der Waals surface area contributed by atoms with Gasteiger partial charge in [-0.05, 0) is 97.8 Å². The molecular weight excluding hydrogens is 1240 g/mol. The number of hydrogen-bond acceptors (Lipinski definition) is 19. The number of H-pyrrole nitrogens is 1. The Kier molecular flexibility index (Phi) is 25.8. The number of ether oxygens (including phenoxy) is 4. The summed E-state index contributed by atoms with van der Waals surface area (Å²) < 4.78 is 22.0. The van der Waals surface area contributed by atoms with Gasteiger partial charge < -0.3 is 49.7 Å². The molecule has 0 atom stereocenters. The standard InChI is InChI=1S/C34H38N4O6.C30H27BrN2O6.C6H14N2O/c1-23-20-28-29(21-27(23)34(42)43-2)36-33(41)31(28)32(25-6-4-3-5-7-25)35-26-10-8-24(9-11-26)30(40)22-44-19-17-38-14-12-37(13-15-38)16-18-39;1-18-15-24-25(16-23(18)30(37)38-3)33(19(2)34)29(36)27(24)28(21-7-5-4-6-8-21)32-22-11-9-20(10-12-22)26(35)17-39-14-13-31;9-6-5-8-3-1-7-2-4-8/h3-11,20-21,36,39,41H,12-19,22H2,1-2H3;4-12,15-16,36H,13-14,17H2,1-3H3;7,9H,1-6H2. The molecule has 0 spiro atoms. The molecular formula is C70H79BrN8O13. The van der Waals surface area contributed by atoms with Crippen molar-refractivity contribution in [1.82, 2.24) is 29.6 Å². The van der Waals surface area contributed by atoms with Gasteiger partial charge in [0.25, 0.3) is 0 Å². The molecule has 6 aromatic carbocycles. The predicted octanol–water partition coefficient (Wildman–Crippen LogP) is 8.70. The van der Waals surface area contributed by atoms with Gasteiger partial charge in [-0.3, -0.25) is 33.7 Å². The number of aromatic nitrogens is 2. The van der Waals surface area contributed by atoms with Crippen LogP contribution in [0.5, 0.6) is 11.8 Å². The highest BCUT2D eigenvalue weighted by molar-refractivity contribution is 9.09. The molecule has 6 N–H and O–H groups in total. The van der Waals surface area contributed by atoms with E-state index in [4.69, 9.17) is 39.1 Å². The van der Waals surface area contributed by atoms with Crippen LogP contribution in [-0.2, 0) is 18.9 Å². The van der Waals surface area contributed by atoms with E-state index in [2.05, 4.69) is 40.9 Å². The monoisotopic (exact) mass is 1320 g/mol. The van der Waals surface area contributed by atoms with Crippen molar-refractivity contribution in [2.24, 2.45) is 9.98 Å². The van der Waals surface area contributed by atoms with E-state index in [1.165, 1.54) is 21.1 Å². The smallest absolute Gasteiger partial charge is 0.338 e. The van der Waals surface area contributed by atoms with Crippen molar-refractivity contribution in [3.8, 4) is 11.8 Å². The molecule has 4 heterocycles. The summed E-state index contributed by atoms with van der Waals surface area (Å²) in [4.78, 5) is 82.0. The molecule has 2 aromatic heterocycles. The second kappa shape index (κ2) is 34.2. The topological polar surface area (TPSA) is 270 Å². The van der Waals surface area contributed by atoms with E-state index in [9.17, 15) is 34.2 Å². The number of carbonyl (C=O) groups excluding carboxylic acids is 5. The number of aliphatic imine (C=N–C) groups is 2. The molecule has 10 rings (SSSR count). The molecule has 8 aromatic rings. The number of fused-ring (bicyclic) bond motifs is 2. The van der Waals surface area contributed by atoms with Crippen molar-refractivity contribution in [3.05, 3.63) is 189 Å².